The summed E-state index contributed by atoms with van der Waals surface area (Å²) in [5, 5.41) is 4.58. The Morgan fingerprint density at radius 3 is 2.61 bits per heavy atom. The minimum Gasteiger partial charge on any atom is -0.395 e. The Balaban J connectivity index is 1.40. The van der Waals surface area contributed by atoms with Gasteiger partial charge in [0.2, 0.25) is 5.91 Å². The van der Waals surface area contributed by atoms with Crippen LogP contribution in [-0.2, 0) is 21.3 Å². The van der Waals surface area contributed by atoms with Crippen LogP contribution in [-0.4, -0.2) is 22.2 Å². The van der Waals surface area contributed by atoms with E-state index in [2.05, 4.69) is 14.8 Å². The topological polar surface area (TPSA) is 64.6 Å². The maximum Gasteiger partial charge on any atom is 0.586 e. The Bertz CT molecular complexity index is 1080. The molecule has 0 bridgehead atoms. The first-order valence-corrected chi connectivity index (χ1v) is 9.90. The van der Waals surface area contributed by atoms with Crippen LogP contribution in [0.1, 0.15) is 5.56 Å². The van der Waals surface area contributed by atoms with Gasteiger partial charge in [0, 0.05) is 28.3 Å². The number of hydrogen-bond donors (Lipinski definition) is 1. The van der Waals surface area contributed by atoms with E-state index in [9.17, 15) is 17.8 Å². The zero-order valence-electron chi connectivity index (χ0n) is 14.5. The number of nitrogens with one attached hydrogen (secondary N) is 1. The molecule has 0 aliphatic carbocycles. The SMILES string of the molecule is O=C(C[S@@](=O)Cc1cccc2ccccc12)Nc1ccc2c(c1)OC(F)(F)O2. The van der Waals surface area contributed by atoms with Crippen molar-refractivity contribution in [2.45, 2.75) is 12.0 Å². The number of anilines is 1. The number of hydrogen-bond acceptors (Lipinski definition) is 4. The van der Waals surface area contributed by atoms with Crippen molar-refractivity contribution in [1.29, 1.82) is 0 Å². The highest BCUT2D eigenvalue weighted by Crippen LogP contribution is 2.42. The van der Waals surface area contributed by atoms with Crippen molar-refractivity contribution < 1.29 is 27.3 Å². The molecule has 28 heavy (non-hydrogen) atoms. The summed E-state index contributed by atoms with van der Waals surface area (Å²) < 4.78 is 47.2. The lowest BCUT2D eigenvalue weighted by Gasteiger charge is -2.08. The summed E-state index contributed by atoms with van der Waals surface area (Å²) in [4.78, 5) is 12.2. The molecule has 1 N–H and O–H groups in total. The summed E-state index contributed by atoms with van der Waals surface area (Å²) in [6, 6.07) is 17.4. The van der Waals surface area contributed by atoms with Gasteiger partial charge < -0.3 is 14.8 Å². The molecule has 1 aliphatic heterocycles. The highest BCUT2D eigenvalue weighted by molar-refractivity contribution is 7.85. The molecule has 1 atom stereocenters. The van der Waals surface area contributed by atoms with E-state index in [0.29, 0.717) is 0 Å². The summed E-state index contributed by atoms with van der Waals surface area (Å²) in [5.41, 5.74) is 1.15. The number of ether oxygens (including phenoxy) is 2. The molecule has 0 spiro atoms. The summed E-state index contributed by atoms with van der Waals surface area (Å²) in [5.74, 6) is -0.734. The van der Waals surface area contributed by atoms with Crippen LogP contribution >= 0.6 is 0 Å². The third-order valence-corrected chi connectivity index (χ3v) is 5.39. The molecule has 0 unspecified atom stereocenters. The molecule has 3 aromatic rings. The van der Waals surface area contributed by atoms with Crippen molar-refractivity contribution in [2.24, 2.45) is 0 Å². The van der Waals surface area contributed by atoms with Crippen LogP contribution in [0.2, 0.25) is 0 Å². The molecule has 1 heterocycles. The second kappa shape index (κ2) is 7.20. The maximum absolute atomic E-state index is 13.0. The second-order valence-corrected chi connectivity index (χ2v) is 7.70. The van der Waals surface area contributed by atoms with E-state index in [4.69, 9.17) is 0 Å². The Morgan fingerprint density at radius 2 is 1.75 bits per heavy atom. The monoisotopic (exact) mass is 403 g/mol. The van der Waals surface area contributed by atoms with Gasteiger partial charge in [0.05, 0.1) is 0 Å². The fraction of sp³-hybridized carbons (Fsp3) is 0.150. The first-order chi connectivity index (χ1) is 13.4. The van der Waals surface area contributed by atoms with Crippen LogP contribution < -0.4 is 14.8 Å². The van der Waals surface area contributed by atoms with Crippen molar-refractivity contribution in [3.05, 3.63) is 66.2 Å². The Labute approximate surface area is 161 Å². The summed E-state index contributed by atoms with van der Waals surface area (Å²) in [6.07, 6.45) is -3.72. The number of carbonyl (C=O) groups is 1. The average Bonchev–Trinajstić information content (AvgIpc) is 2.95. The van der Waals surface area contributed by atoms with Gasteiger partial charge in [-0.15, -0.1) is 8.78 Å². The minimum atomic E-state index is -3.72. The fourth-order valence-electron chi connectivity index (χ4n) is 3.01. The van der Waals surface area contributed by atoms with E-state index in [0.717, 1.165) is 16.3 Å². The van der Waals surface area contributed by atoms with Crippen LogP contribution in [0.25, 0.3) is 10.8 Å². The van der Waals surface area contributed by atoms with Gasteiger partial charge in [0.25, 0.3) is 0 Å². The standard InChI is InChI=1S/C20H15F2NO4S/c21-20(22)26-17-9-8-15(10-18(17)27-20)23-19(24)12-28(25)11-14-6-3-5-13-4-1-2-7-16(13)14/h1-10H,11-12H2,(H,23,24)/t28-/m0/s1. The highest BCUT2D eigenvalue weighted by atomic mass is 32.2. The summed E-state index contributed by atoms with van der Waals surface area (Å²) >= 11 is 0. The molecule has 0 fully saturated rings. The third-order valence-electron chi connectivity index (χ3n) is 4.17. The molecule has 3 aromatic carbocycles. The molecule has 0 radical (unpaired) electrons. The molecule has 5 nitrogen and oxygen atoms in total. The van der Waals surface area contributed by atoms with E-state index >= 15 is 0 Å². The molecule has 8 heteroatoms. The van der Waals surface area contributed by atoms with Crippen LogP contribution in [0.3, 0.4) is 0 Å². The van der Waals surface area contributed by atoms with Crippen LogP contribution in [0.5, 0.6) is 11.5 Å². The normalized spacial score (nSPS) is 15.4. The van der Waals surface area contributed by atoms with E-state index in [1.54, 1.807) is 0 Å². The van der Waals surface area contributed by atoms with Crippen molar-refractivity contribution in [3.63, 3.8) is 0 Å². The van der Waals surface area contributed by atoms with Gasteiger partial charge in [-0.05, 0) is 28.5 Å². The highest BCUT2D eigenvalue weighted by Gasteiger charge is 2.43. The summed E-state index contributed by atoms with van der Waals surface area (Å²) in [6.45, 7) is 0. The lowest BCUT2D eigenvalue weighted by molar-refractivity contribution is -0.286. The molecular weight excluding hydrogens is 388 g/mol. The average molecular weight is 403 g/mol. The van der Waals surface area contributed by atoms with Gasteiger partial charge in [-0.2, -0.15) is 0 Å². The molecule has 1 aliphatic rings. The van der Waals surface area contributed by atoms with Gasteiger partial charge in [0.1, 0.15) is 5.75 Å². The van der Waals surface area contributed by atoms with Gasteiger partial charge in [0.15, 0.2) is 11.5 Å². The molecular formula is C20H15F2NO4S. The lowest BCUT2D eigenvalue weighted by atomic mass is 10.1. The number of fused-ring (bicyclic) bond motifs is 2. The number of rotatable bonds is 5. The van der Waals surface area contributed by atoms with Crippen LogP contribution in [0.4, 0.5) is 14.5 Å². The van der Waals surface area contributed by atoms with E-state index in [-0.39, 0.29) is 28.7 Å². The van der Waals surface area contributed by atoms with Gasteiger partial charge in [-0.3, -0.25) is 9.00 Å². The van der Waals surface area contributed by atoms with Crippen molar-refractivity contribution in [3.8, 4) is 11.5 Å². The molecule has 0 aromatic heterocycles. The largest absolute Gasteiger partial charge is 0.586 e. The molecule has 4 rings (SSSR count). The maximum atomic E-state index is 13.0. The number of amides is 1. The zero-order chi connectivity index (χ0) is 19.7. The predicted molar refractivity (Wildman–Crippen MR) is 102 cm³/mol. The lowest BCUT2D eigenvalue weighted by Crippen LogP contribution is -2.25. The predicted octanol–water partition coefficient (Wildman–Crippen LogP) is 4.05. The third kappa shape index (κ3) is 3.96. The smallest absolute Gasteiger partial charge is 0.395 e. The van der Waals surface area contributed by atoms with Gasteiger partial charge in [-0.1, -0.05) is 42.5 Å². The summed E-state index contributed by atoms with van der Waals surface area (Å²) in [7, 11) is -1.43. The molecule has 1 amide bonds. The Kier molecular flexibility index (Phi) is 4.72. The zero-order valence-corrected chi connectivity index (χ0v) is 15.3. The first kappa shape index (κ1) is 18.4. The van der Waals surface area contributed by atoms with Crippen LogP contribution in [0, 0.1) is 0 Å². The van der Waals surface area contributed by atoms with E-state index in [1.807, 2.05) is 42.5 Å². The number of benzene rings is 3. The first-order valence-electron chi connectivity index (χ1n) is 8.41. The van der Waals surface area contributed by atoms with Crippen molar-refractivity contribution >= 4 is 33.2 Å². The molecule has 0 saturated carbocycles. The number of alkyl halides is 2. The van der Waals surface area contributed by atoms with E-state index < -0.39 is 23.0 Å². The van der Waals surface area contributed by atoms with Gasteiger partial charge >= 0.3 is 6.29 Å². The quantitative estimate of drug-likeness (QED) is 0.698. The molecule has 144 valence electrons. The Hall–Kier alpha value is -3.00. The Morgan fingerprint density at radius 1 is 1.00 bits per heavy atom. The minimum absolute atomic E-state index is 0.109. The van der Waals surface area contributed by atoms with Gasteiger partial charge in [-0.25, -0.2) is 0 Å². The number of halogens is 2. The van der Waals surface area contributed by atoms with Crippen molar-refractivity contribution in [1.82, 2.24) is 0 Å². The fourth-order valence-corrected chi connectivity index (χ4v) is 4.08. The molecule has 0 saturated heterocycles. The number of carbonyl (C=O) groups excluding carboxylic acids is 1. The second-order valence-electron chi connectivity index (χ2n) is 6.24. The van der Waals surface area contributed by atoms with Crippen LogP contribution in [0.15, 0.2) is 60.7 Å². The van der Waals surface area contributed by atoms with E-state index in [1.165, 1.54) is 18.2 Å². The van der Waals surface area contributed by atoms with Crippen molar-refractivity contribution in [2.75, 3.05) is 11.1 Å².